The molecule has 0 aromatic carbocycles. The van der Waals surface area contributed by atoms with E-state index in [0.29, 0.717) is 23.4 Å². The Morgan fingerprint density at radius 3 is 2.75 bits per heavy atom. The van der Waals surface area contributed by atoms with Crippen molar-refractivity contribution in [1.82, 2.24) is 24.7 Å². The lowest BCUT2D eigenvalue weighted by atomic mass is 10.1. The number of aromatic nitrogens is 4. The van der Waals surface area contributed by atoms with E-state index in [0.717, 1.165) is 16.8 Å². The van der Waals surface area contributed by atoms with E-state index in [1.165, 1.54) is 10.5 Å². The molecule has 0 atom stereocenters. The van der Waals surface area contributed by atoms with Crippen LogP contribution in [0.5, 0.6) is 0 Å². The first-order valence-corrected chi connectivity index (χ1v) is 8.75. The van der Waals surface area contributed by atoms with Crippen molar-refractivity contribution in [1.29, 1.82) is 0 Å². The normalized spacial score (nSPS) is 10.8. The summed E-state index contributed by atoms with van der Waals surface area (Å²) in [5, 5.41) is 2.91. The molecule has 7 heteroatoms. The summed E-state index contributed by atoms with van der Waals surface area (Å²) in [5.74, 6) is -0.305. The Kier molecular flexibility index (Phi) is 4.63. The van der Waals surface area contributed by atoms with Gasteiger partial charge in [-0.3, -0.25) is 24.0 Å². The van der Waals surface area contributed by atoms with Crippen LogP contribution in [0.3, 0.4) is 0 Å². The van der Waals surface area contributed by atoms with Crippen molar-refractivity contribution in [3.63, 3.8) is 0 Å². The van der Waals surface area contributed by atoms with Gasteiger partial charge >= 0.3 is 0 Å². The number of nitrogens with one attached hydrogen (secondary N) is 1. The number of hydrogen-bond acceptors (Lipinski definition) is 5. The monoisotopic (exact) mass is 371 g/mol. The van der Waals surface area contributed by atoms with Crippen molar-refractivity contribution < 1.29 is 4.79 Å². The maximum atomic E-state index is 12.8. The SMILES string of the molecule is Cc1cc(=O)n2cccc(C(=O)NCc3cccnc3-c3ccncc3)c2n1. The number of aryl methyl sites for hydroxylation is 1. The van der Waals surface area contributed by atoms with Crippen molar-refractivity contribution in [3.8, 4) is 11.3 Å². The fourth-order valence-electron chi connectivity index (χ4n) is 3.04. The van der Waals surface area contributed by atoms with Gasteiger partial charge in [-0.15, -0.1) is 0 Å². The Labute approximate surface area is 160 Å². The number of hydrogen-bond donors (Lipinski definition) is 1. The predicted molar refractivity (Wildman–Crippen MR) is 105 cm³/mol. The Balaban J connectivity index is 1.63. The Hall–Kier alpha value is -3.87. The predicted octanol–water partition coefficient (Wildman–Crippen LogP) is 2.39. The van der Waals surface area contributed by atoms with Crippen molar-refractivity contribution in [2.24, 2.45) is 0 Å². The molecule has 0 aliphatic rings. The van der Waals surface area contributed by atoms with Gasteiger partial charge in [0.2, 0.25) is 0 Å². The Morgan fingerprint density at radius 1 is 1.11 bits per heavy atom. The van der Waals surface area contributed by atoms with Gasteiger partial charge in [0.1, 0.15) is 0 Å². The molecule has 4 aromatic heterocycles. The molecule has 0 saturated heterocycles. The van der Waals surface area contributed by atoms with Crippen LogP contribution in [0.15, 0.2) is 72.0 Å². The molecule has 0 unspecified atom stereocenters. The molecule has 0 fully saturated rings. The summed E-state index contributed by atoms with van der Waals surface area (Å²) in [4.78, 5) is 37.8. The van der Waals surface area contributed by atoms with E-state index < -0.39 is 0 Å². The van der Waals surface area contributed by atoms with Gasteiger partial charge in [0, 0.05) is 48.7 Å². The highest BCUT2D eigenvalue weighted by Gasteiger charge is 2.14. The molecule has 7 nitrogen and oxygen atoms in total. The molecule has 0 saturated carbocycles. The van der Waals surface area contributed by atoms with Crippen molar-refractivity contribution in [2.75, 3.05) is 0 Å². The van der Waals surface area contributed by atoms with Crippen molar-refractivity contribution in [2.45, 2.75) is 13.5 Å². The number of nitrogens with zero attached hydrogens (tertiary/aromatic N) is 4. The topological polar surface area (TPSA) is 89.2 Å². The van der Waals surface area contributed by atoms with Gasteiger partial charge in [-0.25, -0.2) is 4.98 Å². The third-order valence-corrected chi connectivity index (χ3v) is 4.35. The second-order valence-electron chi connectivity index (χ2n) is 6.28. The molecule has 0 bridgehead atoms. The van der Waals surface area contributed by atoms with Crippen LogP contribution in [0, 0.1) is 6.92 Å². The molecule has 4 aromatic rings. The molecule has 1 N–H and O–H groups in total. The van der Waals surface area contributed by atoms with Crippen molar-refractivity contribution >= 4 is 11.6 Å². The number of pyridine rings is 3. The number of rotatable bonds is 4. The van der Waals surface area contributed by atoms with E-state index in [1.54, 1.807) is 43.8 Å². The smallest absolute Gasteiger partial charge is 0.258 e. The highest BCUT2D eigenvalue weighted by molar-refractivity contribution is 5.99. The molecule has 1 amide bonds. The number of carbonyl (C=O) groups excluding carboxylic acids is 1. The maximum Gasteiger partial charge on any atom is 0.258 e. The lowest BCUT2D eigenvalue weighted by Crippen LogP contribution is -2.26. The zero-order valence-corrected chi connectivity index (χ0v) is 15.2. The van der Waals surface area contributed by atoms with Crippen LogP contribution in [0.4, 0.5) is 0 Å². The first-order chi connectivity index (χ1) is 13.6. The quantitative estimate of drug-likeness (QED) is 0.595. The highest BCUT2D eigenvalue weighted by Crippen LogP contribution is 2.20. The molecule has 0 radical (unpaired) electrons. The fourth-order valence-corrected chi connectivity index (χ4v) is 3.04. The van der Waals surface area contributed by atoms with Crippen LogP contribution in [0.2, 0.25) is 0 Å². The standard InChI is InChI=1S/C21H17N5O2/c1-14-12-18(27)26-11-3-5-17(20(26)25-14)21(28)24-13-16-4-2-8-23-19(16)15-6-9-22-10-7-15/h2-12H,13H2,1H3,(H,24,28). The molecular weight excluding hydrogens is 354 g/mol. The third-order valence-electron chi connectivity index (χ3n) is 4.35. The summed E-state index contributed by atoms with van der Waals surface area (Å²) in [6.07, 6.45) is 6.72. The van der Waals surface area contributed by atoms with E-state index in [9.17, 15) is 9.59 Å². The van der Waals surface area contributed by atoms with Gasteiger partial charge in [0.15, 0.2) is 5.65 Å². The van der Waals surface area contributed by atoms with Gasteiger partial charge in [0.25, 0.3) is 11.5 Å². The second kappa shape index (κ2) is 7.40. The summed E-state index contributed by atoms with van der Waals surface area (Å²) < 4.78 is 1.37. The van der Waals surface area contributed by atoms with E-state index >= 15 is 0 Å². The third kappa shape index (κ3) is 3.37. The minimum Gasteiger partial charge on any atom is -0.348 e. The molecule has 28 heavy (non-hydrogen) atoms. The molecule has 0 aliphatic heterocycles. The molecule has 138 valence electrons. The maximum absolute atomic E-state index is 12.8. The largest absolute Gasteiger partial charge is 0.348 e. The second-order valence-corrected chi connectivity index (χ2v) is 6.28. The number of fused-ring (bicyclic) bond motifs is 1. The molecule has 4 heterocycles. The average Bonchev–Trinajstić information content (AvgIpc) is 2.72. The number of amides is 1. The summed E-state index contributed by atoms with van der Waals surface area (Å²) in [7, 11) is 0. The first-order valence-electron chi connectivity index (χ1n) is 8.75. The van der Waals surface area contributed by atoms with Crippen LogP contribution in [0.1, 0.15) is 21.6 Å². The van der Waals surface area contributed by atoms with Crippen LogP contribution >= 0.6 is 0 Å². The summed E-state index contributed by atoms with van der Waals surface area (Å²) in [5.41, 5.74) is 3.62. The first kappa shape index (κ1) is 17.5. The lowest BCUT2D eigenvalue weighted by molar-refractivity contribution is 0.0952. The zero-order chi connectivity index (χ0) is 19.5. The van der Waals surface area contributed by atoms with E-state index in [-0.39, 0.29) is 11.5 Å². The molecule has 4 rings (SSSR count). The van der Waals surface area contributed by atoms with E-state index in [2.05, 4.69) is 20.3 Å². The van der Waals surface area contributed by atoms with Gasteiger partial charge in [-0.1, -0.05) is 6.07 Å². The van der Waals surface area contributed by atoms with Gasteiger partial charge < -0.3 is 5.32 Å². The molecule has 0 aliphatic carbocycles. The summed E-state index contributed by atoms with van der Waals surface area (Å²) in [6.45, 7) is 2.02. The minimum absolute atomic E-state index is 0.218. The number of carbonyl (C=O) groups is 1. The Bertz CT molecular complexity index is 1220. The van der Waals surface area contributed by atoms with Gasteiger partial charge in [-0.05, 0) is 42.8 Å². The highest BCUT2D eigenvalue weighted by atomic mass is 16.1. The van der Waals surface area contributed by atoms with Crippen molar-refractivity contribution in [3.05, 3.63) is 94.4 Å². The van der Waals surface area contributed by atoms with Gasteiger partial charge in [0.05, 0.1) is 11.3 Å². The molecular formula is C21H17N5O2. The van der Waals surface area contributed by atoms with Crippen LogP contribution in [-0.2, 0) is 6.54 Å². The lowest BCUT2D eigenvalue weighted by Gasteiger charge is -2.11. The minimum atomic E-state index is -0.305. The molecule has 0 spiro atoms. The van der Waals surface area contributed by atoms with Crippen LogP contribution in [-0.4, -0.2) is 25.3 Å². The fraction of sp³-hybridized carbons (Fsp3) is 0.0952. The van der Waals surface area contributed by atoms with E-state index in [4.69, 9.17) is 0 Å². The van der Waals surface area contributed by atoms with Crippen LogP contribution < -0.4 is 10.9 Å². The van der Waals surface area contributed by atoms with Gasteiger partial charge in [-0.2, -0.15) is 0 Å². The summed E-state index contributed by atoms with van der Waals surface area (Å²) >= 11 is 0. The average molecular weight is 371 g/mol. The van der Waals surface area contributed by atoms with E-state index in [1.807, 2.05) is 24.3 Å². The zero-order valence-electron chi connectivity index (χ0n) is 15.2. The Morgan fingerprint density at radius 2 is 1.93 bits per heavy atom. The van der Waals surface area contributed by atoms with Crippen LogP contribution in [0.25, 0.3) is 16.9 Å². The summed E-state index contributed by atoms with van der Waals surface area (Å²) in [6, 6.07) is 12.2.